The fourth-order valence-corrected chi connectivity index (χ4v) is 9.81. The van der Waals surface area contributed by atoms with Crippen LogP contribution in [0.2, 0.25) is 0 Å². The SMILES string of the molecule is c1ccc2c(c1)c1ccccc1n2-c1cc2c(sc3nccnc32)c(-n2c3ccccc3c3ccccc32)c1-n1c2ccccc2c2ccccc21. The third-order valence-electron chi connectivity index (χ3n) is 10.8. The van der Waals surface area contributed by atoms with Crippen molar-refractivity contribution in [2.45, 2.75) is 0 Å². The topological polar surface area (TPSA) is 40.6 Å². The number of hydrogen-bond donors (Lipinski definition) is 0. The Bertz CT molecular complexity index is 3270. The van der Waals surface area contributed by atoms with Crippen molar-refractivity contribution in [1.82, 2.24) is 23.7 Å². The van der Waals surface area contributed by atoms with Crippen LogP contribution in [0.15, 0.2) is 164 Å². The molecular weight excluding hydrogens is 655 g/mol. The maximum atomic E-state index is 4.98. The van der Waals surface area contributed by atoms with Crippen LogP contribution in [0, 0.1) is 0 Å². The van der Waals surface area contributed by atoms with Gasteiger partial charge < -0.3 is 13.7 Å². The van der Waals surface area contributed by atoms with Crippen molar-refractivity contribution in [3.8, 4) is 17.1 Å². The predicted molar refractivity (Wildman–Crippen MR) is 218 cm³/mol. The summed E-state index contributed by atoms with van der Waals surface area (Å²) in [5.74, 6) is 0. The molecule has 0 fully saturated rings. The molecule has 0 N–H and O–H groups in total. The van der Waals surface area contributed by atoms with Crippen molar-refractivity contribution >= 4 is 97.2 Å². The Balaban J connectivity index is 1.42. The third kappa shape index (κ3) is 3.61. The lowest BCUT2D eigenvalue weighted by atomic mass is 10.1. The van der Waals surface area contributed by atoms with Crippen molar-refractivity contribution in [2.75, 3.05) is 0 Å². The standard InChI is InChI=1S/C46H27N5S/c1-7-19-35-28(13-1)29-14-2-8-20-36(29)49(35)41-27-34-42-46(48-26-25-47-42)52-45(34)44(51-39-23-11-5-17-32(39)33-18-6-12-24-40(33)51)43(41)50-37-21-9-3-15-30(37)31-16-4-10-22-38(31)50/h1-27H. The highest BCUT2D eigenvalue weighted by Crippen LogP contribution is 2.48. The van der Waals surface area contributed by atoms with Gasteiger partial charge in [-0.2, -0.15) is 0 Å². The van der Waals surface area contributed by atoms with E-state index in [-0.39, 0.29) is 0 Å². The average molecular weight is 682 g/mol. The molecule has 5 aromatic heterocycles. The molecule has 7 aromatic carbocycles. The Morgan fingerprint density at radius 3 is 1.17 bits per heavy atom. The summed E-state index contributed by atoms with van der Waals surface area (Å²) in [7, 11) is 0. The van der Waals surface area contributed by atoms with Crippen molar-refractivity contribution in [3.05, 3.63) is 164 Å². The molecule has 0 bridgehead atoms. The maximum Gasteiger partial charge on any atom is 0.143 e. The average Bonchev–Trinajstić information content (AvgIpc) is 3.94. The van der Waals surface area contributed by atoms with E-state index < -0.39 is 0 Å². The summed E-state index contributed by atoms with van der Waals surface area (Å²) in [6.07, 6.45) is 3.62. The molecule has 0 aliphatic rings. The molecule has 0 aliphatic carbocycles. The van der Waals surface area contributed by atoms with Crippen molar-refractivity contribution in [2.24, 2.45) is 0 Å². The first-order valence-corrected chi connectivity index (χ1v) is 18.3. The summed E-state index contributed by atoms with van der Waals surface area (Å²) in [4.78, 5) is 10.8. The van der Waals surface area contributed by atoms with Gasteiger partial charge in [0.1, 0.15) is 10.3 Å². The van der Waals surface area contributed by atoms with Gasteiger partial charge in [-0.25, -0.2) is 4.98 Å². The van der Waals surface area contributed by atoms with E-state index in [4.69, 9.17) is 9.97 Å². The fourth-order valence-electron chi connectivity index (χ4n) is 8.69. The van der Waals surface area contributed by atoms with E-state index in [2.05, 4.69) is 165 Å². The number of hydrogen-bond acceptors (Lipinski definition) is 3. The van der Waals surface area contributed by atoms with Crippen molar-refractivity contribution < 1.29 is 0 Å². The van der Waals surface area contributed by atoms with Gasteiger partial charge >= 0.3 is 0 Å². The molecule has 6 heteroatoms. The molecule has 0 amide bonds. The van der Waals surface area contributed by atoms with Crippen molar-refractivity contribution in [3.63, 3.8) is 0 Å². The van der Waals surface area contributed by atoms with E-state index in [1.807, 2.05) is 6.20 Å². The van der Waals surface area contributed by atoms with Gasteiger partial charge in [-0.3, -0.25) is 4.98 Å². The summed E-state index contributed by atoms with van der Waals surface area (Å²) in [6.45, 7) is 0. The molecule has 0 saturated carbocycles. The van der Waals surface area contributed by atoms with Crippen LogP contribution in [0.3, 0.4) is 0 Å². The van der Waals surface area contributed by atoms with Crippen LogP contribution >= 0.6 is 11.3 Å². The van der Waals surface area contributed by atoms with Crippen molar-refractivity contribution in [1.29, 1.82) is 0 Å². The summed E-state index contributed by atoms with van der Waals surface area (Å²) >= 11 is 1.72. The van der Waals surface area contributed by atoms with Crippen LogP contribution in [0.1, 0.15) is 0 Å². The lowest BCUT2D eigenvalue weighted by Gasteiger charge is -2.23. The quantitative estimate of drug-likeness (QED) is 0.186. The lowest BCUT2D eigenvalue weighted by molar-refractivity contribution is 1.06. The molecule has 0 aliphatic heterocycles. The Morgan fingerprint density at radius 2 is 0.731 bits per heavy atom. The summed E-state index contributed by atoms with van der Waals surface area (Å²) in [6, 6.07) is 55.2. The molecule has 0 atom stereocenters. The summed E-state index contributed by atoms with van der Waals surface area (Å²) in [5.41, 5.74) is 11.2. The second-order valence-corrected chi connectivity index (χ2v) is 14.4. The number of thiophene rings is 1. The second-order valence-electron chi connectivity index (χ2n) is 13.4. The number of benzene rings is 7. The molecule has 12 rings (SSSR count). The maximum absolute atomic E-state index is 4.98. The largest absolute Gasteiger partial charge is 0.307 e. The summed E-state index contributed by atoms with van der Waals surface area (Å²) in [5, 5.41) is 8.42. The van der Waals surface area contributed by atoms with E-state index in [1.165, 1.54) is 32.3 Å². The van der Waals surface area contributed by atoms with E-state index in [9.17, 15) is 0 Å². The molecule has 0 saturated heterocycles. The lowest BCUT2D eigenvalue weighted by Crippen LogP contribution is -2.09. The van der Waals surface area contributed by atoms with Crippen LogP contribution < -0.4 is 0 Å². The molecule has 5 nitrogen and oxygen atoms in total. The minimum atomic E-state index is 0.917. The van der Waals surface area contributed by atoms with Gasteiger partial charge in [-0.05, 0) is 42.5 Å². The minimum Gasteiger partial charge on any atom is -0.307 e. The monoisotopic (exact) mass is 681 g/mol. The number of para-hydroxylation sites is 6. The molecule has 242 valence electrons. The molecular formula is C46H27N5S. The molecule has 0 spiro atoms. The number of nitrogens with zero attached hydrogens (tertiary/aromatic N) is 5. The minimum absolute atomic E-state index is 0.917. The Labute approximate surface area is 300 Å². The van der Waals surface area contributed by atoms with Crippen LogP contribution in [0.25, 0.3) is 103 Å². The number of fused-ring (bicyclic) bond motifs is 12. The van der Waals surface area contributed by atoms with Crippen LogP contribution in [0.5, 0.6) is 0 Å². The van der Waals surface area contributed by atoms with Crippen LogP contribution in [-0.4, -0.2) is 23.7 Å². The smallest absolute Gasteiger partial charge is 0.143 e. The summed E-state index contributed by atoms with van der Waals surface area (Å²) < 4.78 is 8.63. The third-order valence-corrected chi connectivity index (χ3v) is 11.9. The Hall–Kier alpha value is -6.76. The number of aromatic nitrogens is 5. The van der Waals surface area contributed by atoms with Crippen LogP contribution in [-0.2, 0) is 0 Å². The predicted octanol–water partition coefficient (Wildman–Crippen LogP) is 12.1. The molecule has 12 aromatic rings. The normalized spacial score (nSPS) is 12.2. The second kappa shape index (κ2) is 10.4. The molecule has 5 heterocycles. The van der Waals surface area contributed by atoms with Gasteiger partial charge in [0.05, 0.1) is 54.9 Å². The van der Waals surface area contributed by atoms with E-state index in [0.29, 0.717) is 0 Å². The highest BCUT2D eigenvalue weighted by Gasteiger charge is 2.28. The molecule has 0 radical (unpaired) electrons. The highest BCUT2D eigenvalue weighted by molar-refractivity contribution is 7.25. The fraction of sp³-hybridized carbons (Fsp3) is 0. The highest BCUT2D eigenvalue weighted by atomic mass is 32.1. The zero-order valence-corrected chi connectivity index (χ0v) is 28.5. The molecule has 52 heavy (non-hydrogen) atoms. The molecule has 0 unspecified atom stereocenters. The van der Waals surface area contributed by atoms with Gasteiger partial charge in [0.25, 0.3) is 0 Å². The Kier molecular flexibility index (Phi) is 5.59. The van der Waals surface area contributed by atoms with E-state index in [1.54, 1.807) is 17.5 Å². The van der Waals surface area contributed by atoms with Gasteiger partial charge in [-0.1, -0.05) is 109 Å². The number of rotatable bonds is 3. The zero-order chi connectivity index (χ0) is 33.9. The van der Waals surface area contributed by atoms with Gasteiger partial charge in [0, 0.05) is 50.1 Å². The first-order valence-electron chi connectivity index (χ1n) is 17.5. The van der Waals surface area contributed by atoms with Gasteiger partial charge in [0.15, 0.2) is 0 Å². The van der Waals surface area contributed by atoms with E-state index in [0.717, 1.165) is 70.6 Å². The van der Waals surface area contributed by atoms with Crippen LogP contribution in [0.4, 0.5) is 0 Å². The zero-order valence-electron chi connectivity index (χ0n) is 27.7. The Morgan fingerprint density at radius 1 is 0.365 bits per heavy atom. The van der Waals surface area contributed by atoms with Gasteiger partial charge in [0.2, 0.25) is 0 Å². The van der Waals surface area contributed by atoms with Gasteiger partial charge in [-0.15, -0.1) is 11.3 Å². The van der Waals surface area contributed by atoms with E-state index >= 15 is 0 Å². The first kappa shape index (κ1) is 28.0. The first-order chi connectivity index (χ1) is 25.8.